The third kappa shape index (κ3) is 3.44. The quantitative estimate of drug-likeness (QED) is 0.489. The van der Waals surface area contributed by atoms with E-state index in [9.17, 15) is 9.59 Å². The summed E-state index contributed by atoms with van der Waals surface area (Å²) in [5, 5.41) is 2.75. The molecule has 1 aliphatic heterocycles. The summed E-state index contributed by atoms with van der Waals surface area (Å²) in [5.41, 5.74) is 0. The van der Waals surface area contributed by atoms with E-state index in [0.29, 0.717) is 6.42 Å². The summed E-state index contributed by atoms with van der Waals surface area (Å²) in [6.45, 7) is 2.42. The lowest BCUT2D eigenvalue weighted by Gasteiger charge is -2.12. The van der Waals surface area contributed by atoms with Gasteiger partial charge in [0, 0.05) is 26.1 Å². The zero-order chi connectivity index (χ0) is 9.52. The Balaban J connectivity index is 1.99. The van der Waals surface area contributed by atoms with Crippen LogP contribution < -0.4 is 5.32 Å². The predicted octanol–water partition coefficient (Wildman–Crippen LogP) is 0.771. The molecule has 0 aromatic carbocycles. The molecule has 0 radical (unpaired) electrons. The van der Waals surface area contributed by atoms with E-state index in [0.717, 1.165) is 45.2 Å². The van der Waals surface area contributed by atoms with Gasteiger partial charge < -0.3 is 15.0 Å². The molecule has 0 atom stereocenters. The van der Waals surface area contributed by atoms with Gasteiger partial charge in [-0.15, -0.1) is 0 Å². The Bertz CT molecular complexity index is 182. The topological polar surface area (TPSA) is 49.4 Å². The molecule has 4 nitrogen and oxygen atoms in total. The molecule has 1 heterocycles. The second-order valence-corrected chi connectivity index (χ2v) is 3.23. The van der Waals surface area contributed by atoms with Crippen molar-refractivity contribution in [1.82, 2.24) is 10.2 Å². The van der Waals surface area contributed by atoms with Crippen LogP contribution in [-0.4, -0.2) is 36.9 Å². The van der Waals surface area contributed by atoms with Crippen molar-refractivity contribution in [3.05, 3.63) is 0 Å². The third-order valence-corrected chi connectivity index (χ3v) is 2.20. The van der Waals surface area contributed by atoms with Crippen molar-refractivity contribution in [2.45, 2.75) is 25.7 Å². The van der Waals surface area contributed by atoms with Gasteiger partial charge >= 0.3 is 6.03 Å². The van der Waals surface area contributed by atoms with Gasteiger partial charge in [0.1, 0.15) is 6.29 Å². The maximum absolute atomic E-state index is 11.1. The van der Waals surface area contributed by atoms with E-state index in [2.05, 4.69) is 5.32 Å². The van der Waals surface area contributed by atoms with Gasteiger partial charge in [-0.3, -0.25) is 0 Å². The number of hydrogen-bond acceptors (Lipinski definition) is 2. The molecule has 0 unspecified atom stereocenters. The number of amides is 2. The summed E-state index contributed by atoms with van der Waals surface area (Å²) in [6, 6.07) is 0.0513. The fourth-order valence-electron chi connectivity index (χ4n) is 1.43. The van der Waals surface area contributed by atoms with Crippen molar-refractivity contribution in [1.29, 1.82) is 0 Å². The largest absolute Gasteiger partial charge is 0.336 e. The minimum absolute atomic E-state index is 0.0513. The molecule has 0 aliphatic carbocycles. The van der Waals surface area contributed by atoms with Crippen LogP contribution in [0, 0.1) is 0 Å². The van der Waals surface area contributed by atoms with Crippen molar-refractivity contribution < 1.29 is 9.59 Å². The van der Waals surface area contributed by atoms with E-state index in [-0.39, 0.29) is 6.03 Å². The fraction of sp³-hybridized carbons (Fsp3) is 0.778. The average molecular weight is 184 g/mol. The van der Waals surface area contributed by atoms with Crippen molar-refractivity contribution in [3.8, 4) is 0 Å². The Kier molecular flexibility index (Phi) is 4.29. The van der Waals surface area contributed by atoms with Crippen molar-refractivity contribution in [2.75, 3.05) is 19.6 Å². The smallest absolute Gasteiger partial charge is 0.317 e. The molecule has 1 saturated heterocycles. The van der Waals surface area contributed by atoms with Crippen LogP contribution in [0.15, 0.2) is 0 Å². The average Bonchev–Trinajstić information content (AvgIpc) is 2.52. The Morgan fingerprint density at radius 1 is 1.38 bits per heavy atom. The number of carbonyl (C=O) groups excluding carboxylic acids is 2. The van der Waals surface area contributed by atoms with E-state index in [1.807, 2.05) is 4.90 Å². The zero-order valence-corrected chi connectivity index (χ0v) is 7.79. The number of nitrogens with zero attached hydrogens (tertiary/aromatic N) is 1. The van der Waals surface area contributed by atoms with Gasteiger partial charge in [-0.2, -0.15) is 0 Å². The Labute approximate surface area is 78.3 Å². The maximum Gasteiger partial charge on any atom is 0.317 e. The summed E-state index contributed by atoms with van der Waals surface area (Å²) in [5.74, 6) is 0. The first-order valence-corrected chi connectivity index (χ1v) is 4.81. The van der Waals surface area contributed by atoms with Gasteiger partial charge in [0.25, 0.3) is 0 Å². The second-order valence-electron chi connectivity index (χ2n) is 3.23. The highest BCUT2D eigenvalue weighted by atomic mass is 16.2. The number of urea groups is 1. The number of unbranched alkanes of at least 4 members (excludes halogenated alkanes) is 3. The highest BCUT2D eigenvalue weighted by Crippen LogP contribution is 2.03. The fourth-order valence-corrected chi connectivity index (χ4v) is 1.43. The standard InChI is InChI=1S/C9H16N2O2/c12-8-4-2-1-3-6-11-7-5-10-9(11)13/h8H,1-7H2,(H,10,13). The Hall–Kier alpha value is -1.06. The molecule has 1 aliphatic rings. The normalized spacial score (nSPS) is 16.0. The monoisotopic (exact) mass is 184 g/mol. The minimum atomic E-state index is 0.0513. The Morgan fingerprint density at radius 2 is 2.23 bits per heavy atom. The number of nitrogens with one attached hydrogen (secondary N) is 1. The van der Waals surface area contributed by atoms with Crippen molar-refractivity contribution in [2.24, 2.45) is 0 Å². The first-order valence-electron chi connectivity index (χ1n) is 4.81. The lowest BCUT2D eigenvalue weighted by Crippen LogP contribution is -2.28. The lowest BCUT2D eigenvalue weighted by atomic mass is 10.2. The van der Waals surface area contributed by atoms with Gasteiger partial charge in [0.15, 0.2) is 0 Å². The van der Waals surface area contributed by atoms with Crippen LogP contribution in [0.3, 0.4) is 0 Å². The highest BCUT2D eigenvalue weighted by molar-refractivity contribution is 5.76. The summed E-state index contributed by atoms with van der Waals surface area (Å²) < 4.78 is 0. The first kappa shape index (κ1) is 10.0. The number of aldehydes is 1. The van der Waals surface area contributed by atoms with Crippen LogP contribution in [0.2, 0.25) is 0 Å². The molecular weight excluding hydrogens is 168 g/mol. The summed E-state index contributed by atoms with van der Waals surface area (Å²) >= 11 is 0. The lowest BCUT2D eigenvalue weighted by molar-refractivity contribution is -0.107. The van der Waals surface area contributed by atoms with Gasteiger partial charge in [-0.25, -0.2) is 4.79 Å². The molecule has 0 spiro atoms. The van der Waals surface area contributed by atoms with E-state index >= 15 is 0 Å². The van der Waals surface area contributed by atoms with Crippen LogP contribution in [0.4, 0.5) is 4.79 Å². The molecule has 0 bridgehead atoms. The van der Waals surface area contributed by atoms with Gasteiger partial charge in [0.05, 0.1) is 0 Å². The van der Waals surface area contributed by atoms with E-state index in [4.69, 9.17) is 0 Å². The molecule has 2 amide bonds. The molecule has 0 saturated carbocycles. The minimum Gasteiger partial charge on any atom is -0.336 e. The SMILES string of the molecule is O=CCCCCCN1CCNC1=O. The molecule has 4 heteroatoms. The van der Waals surface area contributed by atoms with Gasteiger partial charge in [-0.1, -0.05) is 6.42 Å². The van der Waals surface area contributed by atoms with Crippen LogP contribution in [0.1, 0.15) is 25.7 Å². The molecule has 0 aromatic rings. The summed E-state index contributed by atoms with van der Waals surface area (Å²) in [6.07, 6.45) is 4.57. The van der Waals surface area contributed by atoms with Crippen molar-refractivity contribution in [3.63, 3.8) is 0 Å². The predicted molar refractivity (Wildman–Crippen MR) is 49.5 cm³/mol. The number of hydrogen-bond donors (Lipinski definition) is 1. The maximum atomic E-state index is 11.1. The van der Waals surface area contributed by atoms with Crippen LogP contribution in [-0.2, 0) is 4.79 Å². The number of rotatable bonds is 6. The molecule has 74 valence electrons. The van der Waals surface area contributed by atoms with E-state index < -0.39 is 0 Å². The van der Waals surface area contributed by atoms with Gasteiger partial charge in [0.2, 0.25) is 0 Å². The van der Waals surface area contributed by atoms with Crippen LogP contribution in [0.5, 0.6) is 0 Å². The van der Waals surface area contributed by atoms with E-state index in [1.54, 1.807) is 0 Å². The molecular formula is C9H16N2O2. The second kappa shape index (κ2) is 5.56. The molecule has 0 aromatic heterocycles. The Morgan fingerprint density at radius 3 is 2.85 bits per heavy atom. The molecule has 1 fully saturated rings. The number of carbonyl (C=O) groups is 2. The van der Waals surface area contributed by atoms with Gasteiger partial charge in [-0.05, 0) is 12.8 Å². The van der Waals surface area contributed by atoms with E-state index in [1.165, 1.54) is 0 Å². The first-order chi connectivity index (χ1) is 6.34. The third-order valence-electron chi connectivity index (χ3n) is 2.20. The highest BCUT2D eigenvalue weighted by Gasteiger charge is 2.17. The summed E-state index contributed by atoms with van der Waals surface area (Å²) in [7, 11) is 0. The molecule has 13 heavy (non-hydrogen) atoms. The molecule has 1 N–H and O–H groups in total. The van der Waals surface area contributed by atoms with Crippen LogP contribution >= 0.6 is 0 Å². The van der Waals surface area contributed by atoms with Crippen molar-refractivity contribution >= 4 is 12.3 Å². The zero-order valence-electron chi connectivity index (χ0n) is 7.79. The summed E-state index contributed by atoms with van der Waals surface area (Å²) in [4.78, 5) is 22.9. The van der Waals surface area contributed by atoms with Crippen LogP contribution in [0.25, 0.3) is 0 Å². The molecule has 1 rings (SSSR count).